The summed E-state index contributed by atoms with van der Waals surface area (Å²) in [5, 5.41) is 14.2. The molecule has 1 aliphatic carbocycles. The van der Waals surface area contributed by atoms with Crippen molar-refractivity contribution < 1.29 is 19.2 Å². The van der Waals surface area contributed by atoms with Crippen LogP contribution >= 0.6 is 12.4 Å². The molecule has 0 bridgehead atoms. The van der Waals surface area contributed by atoms with Crippen LogP contribution in [0.4, 0.5) is 5.69 Å². The first-order valence-corrected chi connectivity index (χ1v) is 8.43. The predicted molar refractivity (Wildman–Crippen MR) is 100 cm³/mol. The maximum Gasteiger partial charge on any atom is 0.286 e. The number of halogens is 1. The Morgan fingerprint density at radius 1 is 1.27 bits per heavy atom. The number of benzene rings is 1. The van der Waals surface area contributed by atoms with Gasteiger partial charge in [-0.3, -0.25) is 14.9 Å². The van der Waals surface area contributed by atoms with Crippen molar-refractivity contribution in [1.29, 1.82) is 0 Å². The van der Waals surface area contributed by atoms with E-state index in [0.717, 1.165) is 25.7 Å². The van der Waals surface area contributed by atoms with Crippen LogP contribution in [0.1, 0.15) is 42.5 Å². The van der Waals surface area contributed by atoms with E-state index in [1.165, 1.54) is 32.8 Å². The second-order valence-electron chi connectivity index (χ2n) is 6.20. The first-order chi connectivity index (χ1) is 12.0. The fraction of sp³-hybridized carbons (Fsp3) is 0.588. The molecule has 0 radical (unpaired) electrons. The fourth-order valence-electron chi connectivity index (χ4n) is 3.35. The van der Waals surface area contributed by atoms with Gasteiger partial charge in [0.05, 0.1) is 25.2 Å². The van der Waals surface area contributed by atoms with Gasteiger partial charge in [-0.1, -0.05) is 19.3 Å². The van der Waals surface area contributed by atoms with Gasteiger partial charge in [0.1, 0.15) is 5.56 Å². The predicted octanol–water partition coefficient (Wildman–Crippen LogP) is 2.67. The van der Waals surface area contributed by atoms with Gasteiger partial charge in [-0.05, 0) is 18.8 Å². The Hall–Kier alpha value is -2.06. The molecule has 0 heterocycles. The molecule has 1 aromatic rings. The molecule has 26 heavy (non-hydrogen) atoms. The summed E-state index contributed by atoms with van der Waals surface area (Å²) in [6.07, 6.45) is 5.45. The third-order valence-corrected chi connectivity index (χ3v) is 4.73. The maximum absolute atomic E-state index is 12.7. The molecule has 0 saturated heterocycles. The van der Waals surface area contributed by atoms with Crippen molar-refractivity contribution in [3.63, 3.8) is 0 Å². The van der Waals surface area contributed by atoms with Crippen LogP contribution in [0.2, 0.25) is 0 Å². The van der Waals surface area contributed by atoms with Crippen molar-refractivity contribution in [2.45, 2.75) is 38.1 Å². The highest BCUT2D eigenvalue weighted by atomic mass is 35.5. The molecule has 8 nitrogen and oxygen atoms in total. The minimum atomic E-state index is -0.602. The number of ether oxygens (including phenoxy) is 2. The molecule has 1 aromatic carbocycles. The highest BCUT2D eigenvalue weighted by molar-refractivity contribution is 5.99. The number of nitrogens with two attached hydrogens (primary N) is 1. The lowest BCUT2D eigenvalue weighted by Crippen LogP contribution is -2.46. The van der Waals surface area contributed by atoms with Gasteiger partial charge in [-0.2, -0.15) is 0 Å². The molecule has 3 N–H and O–H groups in total. The van der Waals surface area contributed by atoms with Crippen LogP contribution in [0.5, 0.6) is 11.5 Å². The average Bonchev–Trinajstić information content (AvgIpc) is 2.65. The zero-order valence-corrected chi connectivity index (χ0v) is 15.8. The van der Waals surface area contributed by atoms with Gasteiger partial charge in [0.15, 0.2) is 11.5 Å². The van der Waals surface area contributed by atoms with E-state index in [9.17, 15) is 14.9 Å². The molecule has 0 aliphatic heterocycles. The lowest BCUT2D eigenvalue weighted by atomic mass is 9.84. The van der Waals surface area contributed by atoms with E-state index >= 15 is 0 Å². The minimum Gasteiger partial charge on any atom is -0.493 e. The van der Waals surface area contributed by atoms with Gasteiger partial charge in [0.25, 0.3) is 11.6 Å². The van der Waals surface area contributed by atoms with E-state index < -0.39 is 10.8 Å². The molecule has 1 aliphatic rings. The molecular weight excluding hydrogens is 362 g/mol. The maximum atomic E-state index is 12.7. The quantitative estimate of drug-likeness (QED) is 0.548. The minimum absolute atomic E-state index is 0. The molecule has 1 atom stereocenters. The van der Waals surface area contributed by atoms with E-state index in [2.05, 4.69) is 5.32 Å². The third-order valence-electron chi connectivity index (χ3n) is 4.73. The van der Waals surface area contributed by atoms with Crippen molar-refractivity contribution in [3.05, 3.63) is 27.8 Å². The van der Waals surface area contributed by atoms with E-state index in [0.29, 0.717) is 12.5 Å². The SMILES string of the molecule is COc1cc(C(=O)NC(CN)C2CCCCC2)c([N+](=O)[O-])cc1OC.Cl. The summed E-state index contributed by atoms with van der Waals surface area (Å²) in [6.45, 7) is 0.303. The van der Waals surface area contributed by atoms with Crippen molar-refractivity contribution in [1.82, 2.24) is 5.32 Å². The fourth-order valence-corrected chi connectivity index (χ4v) is 3.35. The van der Waals surface area contributed by atoms with E-state index in [1.54, 1.807) is 0 Å². The lowest BCUT2D eigenvalue weighted by molar-refractivity contribution is -0.385. The second-order valence-corrected chi connectivity index (χ2v) is 6.20. The van der Waals surface area contributed by atoms with Crippen molar-refractivity contribution in [2.24, 2.45) is 11.7 Å². The Bertz CT molecular complexity index is 635. The van der Waals surface area contributed by atoms with Crippen LogP contribution in [-0.2, 0) is 0 Å². The number of methoxy groups -OCH3 is 2. The molecule has 1 fully saturated rings. The number of amides is 1. The molecule has 1 unspecified atom stereocenters. The van der Waals surface area contributed by atoms with Crippen molar-refractivity contribution in [2.75, 3.05) is 20.8 Å². The van der Waals surface area contributed by atoms with Crippen LogP contribution in [0.3, 0.4) is 0 Å². The summed E-state index contributed by atoms with van der Waals surface area (Å²) >= 11 is 0. The Labute approximate surface area is 159 Å². The van der Waals surface area contributed by atoms with Gasteiger partial charge >= 0.3 is 0 Å². The normalized spacial score (nSPS) is 15.5. The Kier molecular flexibility index (Phi) is 8.60. The van der Waals surface area contributed by atoms with Crippen LogP contribution in [-0.4, -0.2) is 37.6 Å². The van der Waals surface area contributed by atoms with Gasteiger partial charge in [-0.15, -0.1) is 12.4 Å². The first-order valence-electron chi connectivity index (χ1n) is 8.43. The Balaban J connectivity index is 0.00000338. The zero-order chi connectivity index (χ0) is 18.4. The number of carbonyl (C=O) groups is 1. The summed E-state index contributed by atoms with van der Waals surface area (Å²) in [7, 11) is 2.80. The van der Waals surface area contributed by atoms with Crippen molar-refractivity contribution in [3.8, 4) is 11.5 Å². The summed E-state index contributed by atoms with van der Waals surface area (Å²) in [4.78, 5) is 23.4. The van der Waals surface area contributed by atoms with Crippen LogP contribution < -0.4 is 20.5 Å². The average molecular weight is 388 g/mol. The number of nitrogens with one attached hydrogen (secondary N) is 1. The van der Waals surface area contributed by atoms with Gasteiger partial charge < -0.3 is 20.5 Å². The number of nitro groups is 1. The molecular formula is C17H26ClN3O5. The van der Waals surface area contributed by atoms with E-state index in [1.807, 2.05) is 0 Å². The molecule has 1 amide bonds. The standard InChI is InChI=1S/C17H25N3O5.ClH/c1-24-15-8-12(14(20(22)23)9-16(15)25-2)17(21)19-13(10-18)11-6-4-3-5-7-11;/h8-9,11,13H,3-7,10,18H2,1-2H3,(H,19,21);1H. The summed E-state index contributed by atoms with van der Waals surface area (Å²) < 4.78 is 10.2. The van der Waals surface area contributed by atoms with E-state index in [-0.39, 0.29) is 41.2 Å². The summed E-state index contributed by atoms with van der Waals surface area (Å²) in [5.74, 6) is 0.254. The molecule has 146 valence electrons. The third kappa shape index (κ3) is 4.98. The van der Waals surface area contributed by atoms with Crippen LogP contribution in [0, 0.1) is 16.0 Å². The zero-order valence-electron chi connectivity index (χ0n) is 15.0. The van der Waals surface area contributed by atoms with Crippen LogP contribution in [0.15, 0.2) is 12.1 Å². The van der Waals surface area contributed by atoms with Gasteiger partial charge in [0, 0.05) is 18.7 Å². The molecule has 2 rings (SSSR count). The highest BCUT2D eigenvalue weighted by Gasteiger charge is 2.29. The number of hydrogen-bond acceptors (Lipinski definition) is 6. The van der Waals surface area contributed by atoms with Gasteiger partial charge in [0.2, 0.25) is 0 Å². The Morgan fingerprint density at radius 3 is 2.35 bits per heavy atom. The topological polar surface area (TPSA) is 117 Å². The molecule has 0 aromatic heterocycles. The summed E-state index contributed by atoms with van der Waals surface area (Å²) in [6, 6.07) is 2.34. The van der Waals surface area contributed by atoms with E-state index in [4.69, 9.17) is 15.2 Å². The molecule has 0 spiro atoms. The number of nitrogens with zero attached hydrogens (tertiary/aromatic N) is 1. The van der Waals surface area contributed by atoms with Gasteiger partial charge in [-0.25, -0.2) is 0 Å². The number of nitro benzene ring substituents is 1. The van der Waals surface area contributed by atoms with Crippen molar-refractivity contribution >= 4 is 24.0 Å². The molecule has 1 saturated carbocycles. The number of carbonyl (C=O) groups excluding carboxylic acids is 1. The highest BCUT2D eigenvalue weighted by Crippen LogP contribution is 2.34. The monoisotopic (exact) mass is 387 g/mol. The second kappa shape index (κ2) is 10.2. The van der Waals surface area contributed by atoms with Crippen LogP contribution in [0.25, 0.3) is 0 Å². The number of hydrogen-bond donors (Lipinski definition) is 2. The largest absolute Gasteiger partial charge is 0.493 e. The Morgan fingerprint density at radius 2 is 1.85 bits per heavy atom. The molecule has 9 heteroatoms. The number of rotatable bonds is 7. The first kappa shape index (κ1) is 22.0. The smallest absolute Gasteiger partial charge is 0.286 e. The summed E-state index contributed by atoms with van der Waals surface area (Å²) in [5.41, 5.74) is 5.45. The lowest BCUT2D eigenvalue weighted by Gasteiger charge is -2.30.